The fourth-order valence-corrected chi connectivity index (χ4v) is 4.65. The van der Waals surface area contributed by atoms with Gasteiger partial charge in [-0.25, -0.2) is 17.2 Å². The van der Waals surface area contributed by atoms with Crippen LogP contribution in [0.15, 0.2) is 29.3 Å². The molecular weight excluding hydrogens is 368 g/mol. The molecular formula is C15H17F2N5O3S. The van der Waals surface area contributed by atoms with Crippen molar-refractivity contribution >= 4 is 15.9 Å². The highest BCUT2D eigenvalue weighted by Gasteiger charge is 2.39. The number of aromatic nitrogens is 3. The van der Waals surface area contributed by atoms with Gasteiger partial charge in [0.05, 0.1) is 11.1 Å². The summed E-state index contributed by atoms with van der Waals surface area (Å²) in [5.74, 6) is -2.71. The monoisotopic (exact) mass is 385 g/mol. The van der Waals surface area contributed by atoms with Crippen molar-refractivity contribution in [2.24, 2.45) is 0 Å². The maximum atomic E-state index is 13.4. The number of amides is 1. The molecule has 3 rings (SSSR count). The Labute approximate surface area is 148 Å². The Morgan fingerprint density at radius 2 is 1.92 bits per heavy atom. The molecule has 0 radical (unpaired) electrons. The molecule has 1 aromatic carbocycles. The van der Waals surface area contributed by atoms with Gasteiger partial charge in [0.15, 0.2) is 17.3 Å². The second-order valence-corrected chi connectivity index (χ2v) is 8.05. The van der Waals surface area contributed by atoms with Crippen LogP contribution in [0, 0.1) is 11.6 Å². The third kappa shape index (κ3) is 3.19. The highest BCUT2D eigenvalue weighted by atomic mass is 32.2. The van der Waals surface area contributed by atoms with Gasteiger partial charge in [-0.15, -0.1) is 0 Å². The molecule has 11 heteroatoms. The standard InChI is InChI=1S/C15H17F2N5O3S/c1-9-8-22(26(24,25)11-3-4-12(16)13(17)5-11)10(2)7-21(9)15(23)14-6-18-20-19-14/h3-6,9-10H,7-8H2,1-2H3,(H,18,19,20)/t9-,10+/m0/s1. The van der Waals surface area contributed by atoms with E-state index in [1.165, 1.54) is 15.4 Å². The Bertz CT molecular complexity index is 919. The number of aromatic amines is 1. The lowest BCUT2D eigenvalue weighted by Crippen LogP contribution is -2.59. The van der Waals surface area contributed by atoms with Gasteiger partial charge in [-0.1, -0.05) is 0 Å². The topological polar surface area (TPSA) is 99.3 Å². The summed E-state index contributed by atoms with van der Waals surface area (Å²) in [6.45, 7) is 3.51. The minimum Gasteiger partial charge on any atom is -0.332 e. The molecule has 0 bridgehead atoms. The fraction of sp³-hybridized carbons (Fsp3) is 0.400. The lowest BCUT2D eigenvalue weighted by atomic mass is 10.1. The molecule has 1 N–H and O–H groups in total. The van der Waals surface area contributed by atoms with Gasteiger partial charge < -0.3 is 4.90 Å². The smallest absolute Gasteiger partial charge is 0.276 e. The zero-order chi connectivity index (χ0) is 19.1. The largest absolute Gasteiger partial charge is 0.332 e. The molecule has 8 nitrogen and oxygen atoms in total. The van der Waals surface area contributed by atoms with Crippen LogP contribution in [0.4, 0.5) is 8.78 Å². The summed E-state index contributed by atoms with van der Waals surface area (Å²) >= 11 is 0. The van der Waals surface area contributed by atoms with Crippen molar-refractivity contribution in [3.05, 3.63) is 41.7 Å². The maximum absolute atomic E-state index is 13.4. The van der Waals surface area contributed by atoms with Crippen LogP contribution in [0.3, 0.4) is 0 Å². The van der Waals surface area contributed by atoms with Crippen LogP contribution < -0.4 is 0 Å². The second kappa shape index (κ2) is 6.72. The molecule has 2 atom stereocenters. The van der Waals surface area contributed by atoms with E-state index in [2.05, 4.69) is 15.4 Å². The number of H-pyrrole nitrogens is 1. The highest BCUT2D eigenvalue weighted by Crippen LogP contribution is 2.25. The molecule has 0 unspecified atom stereocenters. The molecule has 0 aliphatic carbocycles. The first kappa shape index (κ1) is 18.4. The molecule has 2 aromatic rings. The van der Waals surface area contributed by atoms with Crippen molar-refractivity contribution in [1.29, 1.82) is 0 Å². The van der Waals surface area contributed by atoms with E-state index < -0.39 is 33.7 Å². The minimum atomic E-state index is -4.03. The summed E-state index contributed by atoms with van der Waals surface area (Å²) in [6, 6.07) is 1.48. The van der Waals surface area contributed by atoms with E-state index >= 15 is 0 Å². The van der Waals surface area contributed by atoms with Crippen molar-refractivity contribution < 1.29 is 22.0 Å². The SMILES string of the molecule is C[C@@H]1CN(C(=O)c2cn[nH]n2)[C@@H](C)CN1S(=O)(=O)c1ccc(F)c(F)c1. The average molecular weight is 385 g/mol. The summed E-state index contributed by atoms with van der Waals surface area (Å²) in [6.07, 6.45) is 1.30. The van der Waals surface area contributed by atoms with Gasteiger partial charge in [0.25, 0.3) is 5.91 Å². The zero-order valence-corrected chi connectivity index (χ0v) is 14.9. The van der Waals surface area contributed by atoms with Crippen LogP contribution in [0.25, 0.3) is 0 Å². The van der Waals surface area contributed by atoms with E-state index in [4.69, 9.17) is 0 Å². The number of halogens is 2. The third-order valence-electron chi connectivity index (χ3n) is 4.32. The van der Waals surface area contributed by atoms with Crippen molar-refractivity contribution in [3.63, 3.8) is 0 Å². The normalized spacial score (nSPS) is 21.8. The van der Waals surface area contributed by atoms with Crippen LogP contribution in [0.1, 0.15) is 24.3 Å². The molecule has 1 amide bonds. The van der Waals surface area contributed by atoms with Gasteiger partial charge in [0.2, 0.25) is 10.0 Å². The molecule has 1 aliphatic heterocycles. The fourth-order valence-electron chi connectivity index (χ4n) is 2.94. The summed E-state index contributed by atoms with van der Waals surface area (Å²) < 4.78 is 53.4. The number of hydrogen-bond donors (Lipinski definition) is 1. The highest BCUT2D eigenvalue weighted by molar-refractivity contribution is 7.89. The van der Waals surface area contributed by atoms with Gasteiger partial charge in [0.1, 0.15) is 0 Å². The van der Waals surface area contributed by atoms with Crippen molar-refractivity contribution in [2.75, 3.05) is 13.1 Å². The number of benzene rings is 1. The van der Waals surface area contributed by atoms with E-state index in [1.54, 1.807) is 13.8 Å². The van der Waals surface area contributed by atoms with Crippen LogP contribution in [-0.4, -0.2) is 64.1 Å². The predicted molar refractivity (Wildman–Crippen MR) is 86.6 cm³/mol. The summed E-state index contributed by atoms with van der Waals surface area (Å²) in [5, 5.41) is 9.70. The van der Waals surface area contributed by atoms with Crippen LogP contribution in [0.2, 0.25) is 0 Å². The number of nitrogens with one attached hydrogen (secondary N) is 1. The second-order valence-electron chi connectivity index (χ2n) is 6.16. The Morgan fingerprint density at radius 3 is 2.54 bits per heavy atom. The van der Waals surface area contributed by atoms with Crippen LogP contribution in [0.5, 0.6) is 0 Å². The van der Waals surface area contributed by atoms with Crippen molar-refractivity contribution in [1.82, 2.24) is 24.6 Å². The number of carbonyl (C=O) groups is 1. The first-order chi connectivity index (χ1) is 12.2. The lowest BCUT2D eigenvalue weighted by molar-refractivity contribution is 0.0501. The van der Waals surface area contributed by atoms with Gasteiger partial charge in [-0.05, 0) is 32.0 Å². The summed E-state index contributed by atoms with van der Waals surface area (Å²) in [4.78, 5) is 13.7. The molecule has 26 heavy (non-hydrogen) atoms. The number of nitrogens with zero attached hydrogens (tertiary/aromatic N) is 4. The molecule has 2 heterocycles. The predicted octanol–water partition coefficient (Wildman–Crippen LogP) is 1.01. The van der Waals surface area contributed by atoms with Gasteiger partial charge >= 0.3 is 0 Å². The number of carbonyl (C=O) groups excluding carboxylic acids is 1. The first-order valence-corrected chi connectivity index (χ1v) is 9.29. The first-order valence-electron chi connectivity index (χ1n) is 7.85. The number of rotatable bonds is 3. The number of hydrogen-bond acceptors (Lipinski definition) is 5. The molecule has 1 fully saturated rings. The Kier molecular flexibility index (Phi) is 4.76. The Morgan fingerprint density at radius 1 is 1.19 bits per heavy atom. The number of piperazine rings is 1. The quantitative estimate of drug-likeness (QED) is 0.850. The van der Waals surface area contributed by atoms with E-state index in [0.717, 1.165) is 12.1 Å². The molecule has 1 aliphatic rings. The summed E-state index contributed by atoms with van der Waals surface area (Å²) in [5.41, 5.74) is 0.140. The van der Waals surface area contributed by atoms with Crippen LogP contribution in [-0.2, 0) is 10.0 Å². The summed E-state index contributed by atoms with van der Waals surface area (Å²) in [7, 11) is -4.03. The van der Waals surface area contributed by atoms with Gasteiger partial charge in [-0.3, -0.25) is 4.79 Å². The molecule has 140 valence electrons. The molecule has 1 aromatic heterocycles. The van der Waals surface area contributed by atoms with Gasteiger partial charge in [-0.2, -0.15) is 19.7 Å². The van der Waals surface area contributed by atoms with E-state index in [1.807, 2.05) is 0 Å². The van der Waals surface area contributed by atoms with E-state index in [-0.39, 0.29) is 29.6 Å². The molecule has 0 saturated carbocycles. The number of sulfonamides is 1. The lowest BCUT2D eigenvalue weighted by Gasteiger charge is -2.42. The van der Waals surface area contributed by atoms with Crippen LogP contribution >= 0.6 is 0 Å². The van der Waals surface area contributed by atoms with Crippen molar-refractivity contribution in [2.45, 2.75) is 30.8 Å². The van der Waals surface area contributed by atoms with Crippen molar-refractivity contribution in [3.8, 4) is 0 Å². The zero-order valence-electron chi connectivity index (χ0n) is 14.1. The average Bonchev–Trinajstić information content (AvgIpc) is 3.12. The molecule has 1 saturated heterocycles. The minimum absolute atomic E-state index is 0.0199. The Hall–Kier alpha value is -2.40. The third-order valence-corrected chi connectivity index (χ3v) is 6.30. The van der Waals surface area contributed by atoms with Gasteiger partial charge in [0, 0.05) is 25.2 Å². The van der Waals surface area contributed by atoms with E-state index in [9.17, 15) is 22.0 Å². The Balaban J connectivity index is 1.84. The van der Waals surface area contributed by atoms with E-state index in [0.29, 0.717) is 6.07 Å². The molecule has 0 spiro atoms. The maximum Gasteiger partial charge on any atom is 0.276 e.